The molecule has 0 atom stereocenters. The van der Waals surface area contributed by atoms with Gasteiger partial charge in [-0.25, -0.2) is 0 Å². The molecule has 0 spiro atoms. The summed E-state index contributed by atoms with van der Waals surface area (Å²) in [4.78, 5) is 0. The van der Waals surface area contributed by atoms with E-state index in [1.807, 2.05) is 45.0 Å². The Morgan fingerprint density at radius 2 is 1.93 bits per heavy atom. The summed E-state index contributed by atoms with van der Waals surface area (Å²) in [7, 11) is 0. The van der Waals surface area contributed by atoms with Gasteiger partial charge in [-0.1, -0.05) is 23.8 Å². The third kappa shape index (κ3) is 4.39. The highest BCUT2D eigenvalue weighted by Crippen LogP contribution is 2.15. The second kappa shape index (κ2) is 5.82. The first kappa shape index (κ1) is 12.1. The number of halogens is 1. The Morgan fingerprint density at radius 3 is 2.40 bits per heavy atom. The molecule has 0 N–H and O–H groups in total. The van der Waals surface area contributed by atoms with Crippen LogP contribution in [0.3, 0.4) is 0 Å². The molecule has 1 aromatic rings. The van der Waals surface area contributed by atoms with Gasteiger partial charge >= 0.3 is 0 Å². The van der Waals surface area contributed by atoms with Crippen molar-refractivity contribution >= 4 is 17.7 Å². The van der Waals surface area contributed by atoms with Crippen molar-refractivity contribution in [3.8, 4) is 5.75 Å². The third-order valence-electron chi connectivity index (χ3n) is 1.88. The fourth-order valence-electron chi connectivity index (χ4n) is 1.24. The van der Waals surface area contributed by atoms with Crippen LogP contribution in [0.4, 0.5) is 0 Å². The van der Waals surface area contributed by atoms with Crippen molar-refractivity contribution in [3.63, 3.8) is 0 Å². The zero-order chi connectivity index (χ0) is 11.3. The fourth-order valence-corrected chi connectivity index (χ4v) is 1.32. The molecule has 0 saturated carbocycles. The number of hydrogen-bond donors (Lipinski definition) is 0. The van der Waals surface area contributed by atoms with Crippen LogP contribution in [0.2, 0.25) is 0 Å². The Kier molecular flexibility index (Phi) is 4.70. The molecule has 0 saturated heterocycles. The maximum atomic E-state index is 5.71. The Hall–Kier alpha value is -0.950. The van der Waals surface area contributed by atoms with Gasteiger partial charge < -0.3 is 4.74 Å². The molecule has 1 nitrogen and oxygen atoms in total. The number of ether oxygens (including phenoxy) is 1. The first-order valence-electron chi connectivity index (χ1n) is 5.11. The quantitative estimate of drug-likeness (QED) is 0.700. The highest BCUT2D eigenvalue weighted by molar-refractivity contribution is 6.19. The van der Waals surface area contributed by atoms with Crippen molar-refractivity contribution in [2.45, 2.75) is 26.9 Å². The van der Waals surface area contributed by atoms with Gasteiger partial charge in [-0.05, 0) is 38.5 Å². The van der Waals surface area contributed by atoms with E-state index < -0.39 is 0 Å². The zero-order valence-corrected chi connectivity index (χ0v) is 10.2. The predicted molar refractivity (Wildman–Crippen MR) is 66.6 cm³/mol. The van der Waals surface area contributed by atoms with E-state index in [0.717, 1.165) is 16.9 Å². The first-order valence-corrected chi connectivity index (χ1v) is 5.65. The fraction of sp³-hybridized carbons (Fsp3) is 0.385. The minimum absolute atomic E-state index is 0.218. The van der Waals surface area contributed by atoms with Crippen LogP contribution < -0.4 is 4.74 Å². The summed E-state index contributed by atoms with van der Waals surface area (Å²) in [5.74, 6) is 1.48. The topological polar surface area (TPSA) is 9.23 Å². The summed E-state index contributed by atoms with van der Waals surface area (Å²) >= 11 is 5.71. The summed E-state index contributed by atoms with van der Waals surface area (Å²) in [6.45, 7) is 6.06. The van der Waals surface area contributed by atoms with Crippen LogP contribution in [0.15, 0.2) is 29.8 Å². The van der Waals surface area contributed by atoms with E-state index in [1.54, 1.807) is 0 Å². The largest absolute Gasteiger partial charge is 0.491 e. The lowest BCUT2D eigenvalue weighted by molar-refractivity contribution is 0.242. The second-order valence-corrected chi connectivity index (χ2v) is 4.13. The summed E-state index contributed by atoms with van der Waals surface area (Å²) in [6, 6.07) is 8.03. The van der Waals surface area contributed by atoms with Crippen LogP contribution in [0.5, 0.6) is 5.75 Å². The molecule has 0 aliphatic heterocycles. The average molecular weight is 225 g/mol. The molecule has 0 aromatic heterocycles. The molecule has 0 aliphatic rings. The van der Waals surface area contributed by atoms with Gasteiger partial charge in [0.1, 0.15) is 5.75 Å². The van der Waals surface area contributed by atoms with Gasteiger partial charge in [-0.2, -0.15) is 0 Å². The minimum atomic E-state index is 0.218. The van der Waals surface area contributed by atoms with Crippen LogP contribution in [-0.4, -0.2) is 12.0 Å². The first-order chi connectivity index (χ1) is 7.11. The summed E-state index contributed by atoms with van der Waals surface area (Å²) < 4.78 is 5.55. The molecule has 0 fully saturated rings. The minimum Gasteiger partial charge on any atom is -0.491 e. The molecular formula is C13H17ClO. The Labute approximate surface area is 96.7 Å². The smallest absolute Gasteiger partial charge is 0.119 e. The van der Waals surface area contributed by atoms with Gasteiger partial charge in [-0.15, -0.1) is 11.6 Å². The molecule has 15 heavy (non-hydrogen) atoms. The second-order valence-electron chi connectivity index (χ2n) is 3.86. The number of hydrogen-bond acceptors (Lipinski definition) is 1. The van der Waals surface area contributed by atoms with Gasteiger partial charge in [0.25, 0.3) is 0 Å². The summed E-state index contributed by atoms with van der Waals surface area (Å²) in [5, 5.41) is 0. The van der Waals surface area contributed by atoms with E-state index in [2.05, 4.69) is 6.08 Å². The molecular weight excluding hydrogens is 208 g/mol. The van der Waals surface area contributed by atoms with Gasteiger partial charge in [0.05, 0.1) is 6.10 Å². The molecule has 0 radical (unpaired) electrons. The standard InChI is InChI=1S/C13H17ClO/c1-10(2)15-13-6-4-12(5-7-13)8-11(3)9-14/h4-8,10H,9H2,1-3H3. The summed E-state index contributed by atoms with van der Waals surface area (Å²) in [5.41, 5.74) is 2.32. The molecule has 0 unspecified atom stereocenters. The zero-order valence-electron chi connectivity index (χ0n) is 9.46. The molecule has 82 valence electrons. The lowest BCUT2D eigenvalue weighted by Gasteiger charge is -2.09. The van der Waals surface area contributed by atoms with Gasteiger partial charge in [-0.3, -0.25) is 0 Å². The van der Waals surface area contributed by atoms with E-state index in [0.29, 0.717) is 5.88 Å². The van der Waals surface area contributed by atoms with Crippen LogP contribution in [-0.2, 0) is 0 Å². The Balaban J connectivity index is 2.72. The summed E-state index contributed by atoms with van der Waals surface area (Å²) in [6.07, 6.45) is 2.29. The van der Waals surface area contributed by atoms with E-state index in [1.165, 1.54) is 0 Å². The lowest BCUT2D eigenvalue weighted by Crippen LogP contribution is -2.05. The highest BCUT2D eigenvalue weighted by atomic mass is 35.5. The number of benzene rings is 1. The molecule has 0 heterocycles. The monoisotopic (exact) mass is 224 g/mol. The normalized spacial score (nSPS) is 11.9. The van der Waals surface area contributed by atoms with E-state index >= 15 is 0 Å². The van der Waals surface area contributed by atoms with Crippen LogP contribution in [0.1, 0.15) is 26.3 Å². The molecule has 1 aromatic carbocycles. The number of alkyl halides is 1. The maximum Gasteiger partial charge on any atom is 0.119 e. The number of rotatable bonds is 4. The van der Waals surface area contributed by atoms with E-state index in [-0.39, 0.29) is 6.10 Å². The van der Waals surface area contributed by atoms with Crippen LogP contribution >= 0.6 is 11.6 Å². The molecule has 0 aliphatic carbocycles. The molecule has 0 amide bonds. The van der Waals surface area contributed by atoms with Gasteiger partial charge in [0.2, 0.25) is 0 Å². The SMILES string of the molecule is CC(=Cc1ccc(OC(C)C)cc1)CCl. The van der Waals surface area contributed by atoms with Crippen LogP contribution in [0.25, 0.3) is 6.08 Å². The number of allylic oxidation sites excluding steroid dienone is 1. The maximum absolute atomic E-state index is 5.71. The molecule has 0 bridgehead atoms. The van der Waals surface area contributed by atoms with Crippen molar-refractivity contribution in [2.75, 3.05) is 5.88 Å². The molecule has 2 heteroatoms. The van der Waals surface area contributed by atoms with Gasteiger partial charge in [0.15, 0.2) is 0 Å². The van der Waals surface area contributed by atoms with Gasteiger partial charge in [0, 0.05) is 5.88 Å². The highest BCUT2D eigenvalue weighted by Gasteiger charge is 1.96. The van der Waals surface area contributed by atoms with Crippen molar-refractivity contribution in [3.05, 3.63) is 35.4 Å². The predicted octanol–water partition coefficient (Wildman–Crippen LogP) is 4.12. The van der Waals surface area contributed by atoms with Crippen molar-refractivity contribution in [1.29, 1.82) is 0 Å². The van der Waals surface area contributed by atoms with Crippen molar-refractivity contribution < 1.29 is 4.74 Å². The lowest BCUT2D eigenvalue weighted by atomic mass is 10.1. The van der Waals surface area contributed by atoms with E-state index in [4.69, 9.17) is 16.3 Å². The Morgan fingerprint density at radius 1 is 1.33 bits per heavy atom. The molecule has 1 rings (SSSR count). The van der Waals surface area contributed by atoms with E-state index in [9.17, 15) is 0 Å². The Bertz CT molecular complexity index is 325. The average Bonchev–Trinajstić information content (AvgIpc) is 2.20. The third-order valence-corrected chi connectivity index (χ3v) is 2.30. The van der Waals surface area contributed by atoms with Crippen molar-refractivity contribution in [2.24, 2.45) is 0 Å². The van der Waals surface area contributed by atoms with Crippen molar-refractivity contribution in [1.82, 2.24) is 0 Å². The van der Waals surface area contributed by atoms with Crippen LogP contribution in [0, 0.1) is 0 Å².